The lowest BCUT2D eigenvalue weighted by Gasteiger charge is -2.21. The number of hydrogen-bond acceptors (Lipinski definition) is 7. The van der Waals surface area contributed by atoms with Gasteiger partial charge in [-0.2, -0.15) is 0 Å². The molecular weight excluding hydrogens is 422 g/mol. The molecule has 170 valence electrons. The third-order valence-electron chi connectivity index (χ3n) is 4.63. The average Bonchev–Trinajstić information content (AvgIpc) is 2.75. The molecule has 0 amide bonds. The summed E-state index contributed by atoms with van der Waals surface area (Å²) in [4.78, 5) is 11.6. The quantitative estimate of drug-likeness (QED) is 0.424. The van der Waals surface area contributed by atoms with E-state index in [9.17, 15) is 15.0 Å². The van der Waals surface area contributed by atoms with E-state index in [0.717, 1.165) is 11.1 Å². The van der Waals surface area contributed by atoms with E-state index in [1.165, 1.54) is 0 Å². The van der Waals surface area contributed by atoms with Crippen molar-refractivity contribution in [1.29, 1.82) is 0 Å². The zero-order valence-corrected chi connectivity index (χ0v) is 18.8. The van der Waals surface area contributed by atoms with Crippen molar-refractivity contribution < 1.29 is 29.2 Å². The van der Waals surface area contributed by atoms with E-state index in [0.29, 0.717) is 36.1 Å². The Balaban J connectivity index is 1.98. The number of carbonyl (C=O) groups excluding carboxylic acids is 1. The first-order valence-electron chi connectivity index (χ1n) is 10.3. The number of aliphatic hydroxyl groups is 1. The molecule has 0 radical (unpaired) electrons. The molecule has 0 spiro atoms. The maximum Gasteiger partial charge on any atom is 0.344 e. The van der Waals surface area contributed by atoms with Crippen molar-refractivity contribution in [2.24, 2.45) is 0 Å². The van der Waals surface area contributed by atoms with Crippen LogP contribution in [0.15, 0.2) is 36.4 Å². The molecule has 2 aromatic carbocycles. The Bertz CT molecular complexity index is 843. The predicted octanol–water partition coefficient (Wildman–Crippen LogP) is 3.64. The molecule has 0 saturated heterocycles. The molecular formula is C23H30ClNO6. The second-order valence-corrected chi connectivity index (χ2v) is 7.35. The molecule has 2 rings (SSSR count). The van der Waals surface area contributed by atoms with Crippen LogP contribution in [0.25, 0.3) is 0 Å². The van der Waals surface area contributed by atoms with Crippen LogP contribution in [0.4, 0.5) is 0 Å². The van der Waals surface area contributed by atoms with Crippen molar-refractivity contribution in [1.82, 2.24) is 5.32 Å². The van der Waals surface area contributed by atoms with Gasteiger partial charge in [-0.25, -0.2) is 4.79 Å². The van der Waals surface area contributed by atoms with Crippen molar-refractivity contribution >= 4 is 17.6 Å². The topological polar surface area (TPSA) is 97.3 Å². The van der Waals surface area contributed by atoms with E-state index < -0.39 is 12.1 Å². The normalized spacial score (nSPS) is 12.8. The van der Waals surface area contributed by atoms with Crippen LogP contribution in [0.2, 0.25) is 5.02 Å². The van der Waals surface area contributed by atoms with Crippen LogP contribution in [-0.2, 0) is 16.0 Å². The van der Waals surface area contributed by atoms with Crippen LogP contribution >= 0.6 is 11.6 Å². The molecule has 0 aliphatic rings. The van der Waals surface area contributed by atoms with E-state index in [4.69, 9.17) is 25.8 Å². The van der Waals surface area contributed by atoms with Crippen molar-refractivity contribution in [3.8, 4) is 17.2 Å². The molecule has 0 saturated carbocycles. The van der Waals surface area contributed by atoms with Gasteiger partial charge in [0.1, 0.15) is 5.75 Å². The van der Waals surface area contributed by atoms with Crippen molar-refractivity contribution in [3.05, 3.63) is 52.5 Å². The van der Waals surface area contributed by atoms with E-state index in [1.54, 1.807) is 43.3 Å². The number of nitrogens with one attached hydrogen (secondary N) is 1. The van der Waals surface area contributed by atoms with Crippen LogP contribution in [0.5, 0.6) is 17.2 Å². The lowest BCUT2D eigenvalue weighted by Crippen LogP contribution is -2.33. The van der Waals surface area contributed by atoms with Crippen LogP contribution in [0, 0.1) is 0 Å². The molecule has 0 bridgehead atoms. The second kappa shape index (κ2) is 12.4. The molecule has 2 atom stereocenters. The molecule has 8 heteroatoms. The number of halogens is 1. The van der Waals surface area contributed by atoms with Gasteiger partial charge in [-0.15, -0.1) is 0 Å². The molecule has 0 unspecified atom stereocenters. The number of aliphatic hydroxyl groups excluding tert-OH is 1. The summed E-state index contributed by atoms with van der Waals surface area (Å²) < 4.78 is 16.0. The minimum atomic E-state index is -0.714. The smallest absolute Gasteiger partial charge is 0.344 e. The molecule has 0 aliphatic heterocycles. The Morgan fingerprint density at radius 2 is 1.77 bits per heavy atom. The molecule has 31 heavy (non-hydrogen) atoms. The summed E-state index contributed by atoms with van der Waals surface area (Å²) in [5.74, 6) is 0.581. The number of aromatic hydroxyl groups is 1. The number of rotatable bonds is 12. The summed E-state index contributed by atoms with van der Waals surface area (Å²) in [5.41, 5.74) is 1.57. The highest BCUT2D eigenvalue weighted by Crippen LogP contribution is 2.34. The average molecular weight is 452 g/mol. The first kappa shape index (κ1) is 24.8. The molecule has 0 fully saturated rings. The van der Waals surface area contributed by atoms with E-state index in [2.05, 4.69) is 5.32 Å². The zero-order valence-electron chi connectivity index (χ0n) is 18.1. The van der Waals surface area contributed by atoms with E-state index in [1.807, 2.05) is 13.8 Å². The Hall–Kier alpha value is -2.48. The van der Waals surface area contributed by atoms with Crippen LogP contribution in [0.3, 0.4) is 0 Å². The van der Waals surface area contributed by atoms with Gasteiger partial charge in [0.15, 0.2) is 18.1 Å². The zero-order chi connectivity index (χ0) is 22.8. The maximum absolute atomic E-state index is 11.6. The standard InChI is InChI=1S/C23H30ClNO6/c1-4-29-20-12-17(19(24)13-21(20)31-14-22(27)30-5-2)10-11-25-15(3)23(28)16-6-8-18(26)9-7-16/h6-9,12-13,15,23,25-26,28H,4-5,10-11,14H2,1-3H3/t15-,23-/m0/s1. The van der Waals surface area contributed by atoms with Gasteiger partial charge in [-0.3, -0.25) is 0 Å². The minimum absolute atomic E-state index is 0.158. The number of carbonyl (C=O) groups is 1. The van der Waals surface area contributed by atoms with Gasteiger partial charge in [-0.1, -0.05) is 23.7 Å². The summed E-state index contributed by atoms with van der Waals surface area (Å²) in [6.45, 7) is 6.54. The van der Waals surface area contributed by atoms with Crippen molar-refractivity contribution in [2.45, 2.75) is 39.3 Å². The number of phenols is 1. The summed E-state index contributed by atoms with van der Waals surface area (Å²) in [6.07, 6.45) is -0.113. The summed E-state index contributed by atoms with van der Waals surface area (Å²) >= 11 is 6.41. The fraction of sp³-hybridized carbons (Fsp3) is 0.435. The number of phenolic OH excluding ortho intramolecular Hbond substituents is 1. The third-order valence-corrected chi connectivity index (χ3v) is 4.98. The number of benzene rings is 2. The van der Waals surface area contributed by atoms with Crippen LogP contribution in [0.1, 0.15) is 38.0 Å². The highest BCUT2D eigenvalue weighted by atomic mass is 35.5. The summed E-state index contributed by atoms with van der Waals surface area (Å²) in [7, 11) is 0. The Labute approximate surface area is 187 Å². The van der Waals surface area contributed by atoms with Gasteiger partial charge < -0.3 is 29.7 Å². The van der Waals surface area contributed by atoms with Crippen LogP contribution in [-0.4, -0.2) is 48.6 Å². The molecule has 3 N–H and O–H groups in total. The first-order chi connectivity index (χ1) is 14.8. The predicted molar refractivity (Wildman–Crippen MR) is 119 cm³/mol. The number of hydrogen-bond donors (Lipinski definition) is 3. The lowest BCUT2D eigenvalue weighted by molar-refractivity contribution is -0.145. The summed E-state index contributed by atoms with van der Waals surface area (Å²) in [6, 6.07) is 9.71. The number of esters is 1. The molecule has 0 heterocycles. The SMILES string of the molecule is CCOC(=O)COc1cc(Cl)c(CCN[C@@H](C)[C@H](O)c2ccc(O)cc2)cc1OCC. The molecule has 0 aliphatic carbocycles. The third kappa shape index (κ3) is 7.61. The van der Waals surface area contributed by atoms with Gasteiger partial charge in [-0.05, 0) is 63.1 Å². The molecule has 2 aromatic rings. The maximum atomic E-state index is 11.6. The minimum Gasteiger partial charge on any atom is -0.508 e. The van der Waals surface area contributed by atoms with Crippen molar-refractivity contribution in [2.75, 3.05) is 26.4 Å². The monoisotopic (exact) mass is 451 g/mol. The molecule has 0 aromatic heterocycles. The fourth-order valence-electron chi connectivity index (χ4n) is 3.00. The second-order valence-electron chi connectivity index (χ2n) is 6.95. The Morgan fingerprint density at radius 3 is 2.42 bits per heavy atom. The van der Waals surface area contributed by atoms with Gasteiger partial charge in [0.25, 0.3) is 0 Å². The summed E-state index contributed by atoms with van der Waals surface area (Å²) in [5, 5.41) is 23.6. The van der Waals surface area contributed by atoms with Gasteiger partial charge in [0.05, 0.1) is 19.3 Å². The number of ether oxygens (including phenoxy) is 3. The highest BCUT2D eigenvalue weighted by molar-refractivity contribution is 6.31. The highest BCUT2D eigenvalue weighted by Gasteiger charge is 2.17. The van der Waals surface area contributed by atoms with Gasteiger partial charge in [0.2, 0.25) is 0 Å². The Kier molecular flexibility index (Phi) is 9.91. The van der Waals surface area contributed by atoms with Gasteiger partial charge in [0, 0.05) is 17.1 Å². The van der Waals surface area contributed by atoms with E-state index in [-0.39, 0.29) is 25.0 Å². The van der Waals surface area contributed by atoms with Crippen molar-refractivity contribution in [3.63, 3.8) is 0 Å². The molecule has 7 nitrogen and oxygen atoms in total. The first-order valence-corrected chi connectivity index (χ1v) is 10.7. The lowest BCUT2D eigenvalue weighted by atomic mass is 10.0. The largest absolute Gasteiger partial charge is 0.508 e. The van der Waals surface area contributed by atoms with E-state index >= 15 is 0 Å². The Morgan fingerprint density at radius 1 is 1.10 bits per heavy atom. The van der Waals surface area contributed by atoms with Gasteiger partial charge >= 0.3 is 5.97 Å². The van der Waals surface area contributed by atoms with Crippen LogP contribution < -0.4 is 14.8 Å². The fourth-order valence-corrected chi connectivity index (χ4v) is 3.24.